The van der Waals surface area contributed by atoms with Crippen molar-refractivity contribution in [2.75, 3.05) is 5.32 Å². The number of nitrogens with zero attached hydrogens (tertiary/aromatic N) is 3. The minimum atomic E-state index is 0.150. The van der Waals surface area contributed by atoms with E-state index in [-0.39, 0.29) is 6.04 Å². The number of benzene rings is 2. The van der Waals surface area contributed by atoms with E-state index in [0.29, 0.717) is 0 Å². The summed E-state index contributed by atoms with van der Waals surface area (Å²) in [6.45, 7) is 4.04. The lowest BCUT2D eigenvalue weighted by Crippen LogP contribution is -2.09. The maximum Gasteiger partial charge on any atom is 0.130 e. The monoisotopic (exact) mass is 366 g/mol. The number of aryl methyl sites for hydroxylation is 1. The standard InChI is InChI=1S/C24H22N4/c1-17(19-9-5-3-6-10-19)26-24-14-23(27-18(2)28-24)22-13-21(15-25-16-22)20-11-7-4-8-12-20/h3-17H,1-2H3,(H,26,27,28). The van der Waals surface area contributed by atoms with Gasteiger partial charge >= 0.3 is 0 Å². The summed E-state index contributed by atoms with van der Waals surface area (Å²) in [5, 5.41) is 3.48. The highest BCUT2D eigenvalue weighted by atomic mass is 15.0. The molecule has 0 amide bonds. The predicted octanol–water partition coefficient (Wildman–Crippen LogP) is 5.69. The van der Waals surface area contributed by atoms with Gasteiger partial charge in [-0.1, -0.05) is 60.7 Å². The Hall–Kier alpha value is -3.53. The Morgan fingerprint density at radius 2 is 1.43 bits per heavy atom. The number of hydrogen-bond acceptors (Lipinski definition) is 4. The van der Waals surface area contributed by atoms with Gasteiger partial charge in [-0.25, -0.2) is 9.97 Å². The molecule has 2 heterocycles. The molecule has 0 saturated carbocycles. The highest BCUT2D eigenvalue weighted by Gasteiger charge is 2.10. The van der Waals surface area contributed by atoms with Crippen LogP contribution in [0.15, 0.2) is 85.2 Å². The summed E-state index contributed by atoms with van der Waals surface area (Å²) in [4.78, 5) is 13.6. The molecule has 0 aliphatic heterocycles. The Bertz CT molecular complexity index is 1060. The van der Waals surface area contributed by atoms with Crippen molar-refractivity contribution in [2.45, 2.75) is 19.9 Å². The first-order valence-electron chi connectivity index (χ1n) is 9.37. The maximum absolute atomic E-state index is 4.63. The average molecular weight is 366 g/mol. The van der Waals surface area contributed by atoms with E-state index >= 15 is 0 Å². The molecule has 4 aromatic rings. The number of anilines is 1. The highest BCUT2D eigenvalue weighted by Crippen LogP contribution is 2.26. The third kappa shape index (κ3) is 4.07. The van der Waals surface area contributed by atoms with E-state index in [2.05, 4.69) is 57.5 Å². The van der Waals surface area contributed by atoms with Crippen LogP contribution in [0.25, 0.3) is 22.4 Å². The molecule has 2 aromatic carbocycles. The molecule has 1 atom stereocenters. The smallest absolute Gasteiger partial charge is 0.130 e. The molecule has 1 unspecified atom stereocenters. The third-order valence-corrected chi connectivity index (χ3v) is 4.64. The van der Waals surface area contributed by atoms with Crippen LogP contribution < -0.4 is 5.32 Å². The zero-order valence-electron chi connectivity index (χ0n) is 16.0. The summed E-state index contributed by atoms with van der Waals surface area (Å²) < 4.78 is 0. The molecule has 0 radical (unpaired) electrons. The largest absolute Gasteiger partial charge is 0.363 e. The van der Waals surface area contributed by atoms with E-state index in [1.54, 1.807) is 0 Å². The van der Waals surface area contributed by atoms with Crippen LogP contribution in [0.3, 0.4) is 0 Å². The molecule has 0 aliphatic rings. The average Bonchev–Trinajstić information content (AvgIpc) is 2.75. The minimum absolute atomic E-state index is 0.150. The van der Waals surface area contributed by atoms with Gasteiger partial charge in [-0.2, -0.15) is 0 Å². The lowest BCUT2D eigenvalue weighted by Gasteiger charge is -2.16. The molecule has 4 nitrogen and oxygen atoms in total. The number of pyridine rings is 1. The van der Waals surface area contributed by atoms with Crippen molar-refractivity contribution in [3.8, 4) is 22.4 Å². The molecule has 138 valence electrons. The van der Waals surface area contributed by atoms with E-state index in [0.717, 1.165) is 34.0 Å². The lowest BCUT2D eigenvalue weighted by atomic mass is 10.0. The van der Waals surface area contributed by atoms with E-state index in [1.807, 2.05) is 61.8 Å². The molecule has 0 saturated heterocycles. The number of hydrogen-bond donors (Lipinski definition) is 1. The summed E-state index contributed by atoms with van der Waals surface area (Å²) in [6, 6.07) is 24.8. The Labute approximate surface area is 165 Å². The number of rotatable bonds is 5. The fraction of sp³-hybridized carbons (Fsp3) is 0.125. The van der Waals surface area contributed by atoms with Crippen LogP contribution in [0.2, 0.25) is 0 Å². The molecule has 4 heteroatoms. The van der Waals surface area contributed by atoms with Crippen LogP contribution in [0.1, 0.15) is 24.4 Å². The van der Waals surface area contributed by atoms with Crippen LogP contribution in [0, 0.1) is 6.92 Å². The van der Waals surface area contributed by atoms with Crippen LogP contribution in [0.5, 0.6) is 0 Å². The zero-order valence-corrected chi connectivity index (χ0v) is 16.0. The van der Waals surface area contributed by atoms with Crippen LogP contribution in [-0.4, -0.2) is 15.0 Å². The molecule has 4 rings (SSSR count). The van der Waals surface area contributed by atoms with Crippen molar-refractivity contribution in [3.05, 3.63) is 96.6 Å². The highest BCUT2D eigenvalue weighted by molar-refractivity contribution is 5.71. The lowest BCUT2D eigenvalue weighted by molar-refractivity contribution is 0.867. The molecular formula is C24H22N4. The van der Waals surface area contributed by atoms with Crippen molar-refractivity contribution in [1.82, 2.24) is 15.0 Å². The molecule has 0 spiro atoms. The van der Waals surface area contributed by atoms with Gasteiger partial charge in [0.1, 0.15) is 11.6 Å². The van der Waals surface area contributed by atoms with Crippen molar-refractivity contribution in [2.24, 2.45) is 0 Å². The predicted molar refractivity (Wildman–Crippen MR) is 114 cm³/mol. The summed E-state index contributed by atoms with van der Waals surface area (Å²) in [5.74, 6) is 1.54. The fourth-order valence-electron chi connectivity index (χ4n) is 3.20. The first-order valence-corrected chi connectivity index (χ1v) is 9.37. The second-order valence-electron chi connectivity index (χ2n) is 6.79. The Kier molecular flexibility index (Phi) is 5.11. The Morgan fingerprint density at radius 1 is 0.750 bits per heavy atom. The van der Waals surface area contributed by atoms with Crippen LogP contribution in [-0.2, 0) is 0 Å². The van der Waals surface area contributed by atoms with E-state index in [1.165, 1.54) is 5.56 Å². The minimum Gasteiger partial charge on any atom is -0.363 e. The molecule has 0 aliphatic carbocycles. The van der Waals surface area contributed by atoms with Gasteiger partial charge in [0.05, 0.1) is 5.69 Å². The van der Waals surface area contributed by atoms with E-state index in [9.17, 15) is 0 Å². The van der Waals surface area contributed by atoms with Gasteiger partial charge < -0.3 is 5.32 Å². The molecule has 28 heavy (non-hydrogen) atoms. The quantitative estimate of drug-likeness (QED) is 0.493. The number of aromatic nitrogens is 3. The molecule has 2 aromatic heterocycles. The Balaban J connectivity index is 1.64. The summed E-state index contributed by atoms with van der Waals surface area (Å²) >= 11 is 0. The first-order chi connectivity index (χ1) is 13.7. The van der Waals surface area contributed by atoms with Gasteiger partial charge in [0, 0.05) is 35.6 Å². The summed E-state index contributed by atoms with van der Waals surface area (Å²) in [5.41, 5.74) is 5.26. The van der Waals surface area contributed by atoms with Crippen molar-refractivity contribution in [3.63, 3.8) is 0 Å². The van der Waals surface area contributed by atoms with Crippen LogP contribution in [0.4, 0.5) is 5.82 Å². The number of nitrogens with one attached hydrogen (secondary N) is 1. The topological polar surface area (TPSA) is 50.7 Å². The summed E-state index contributed by atoms with van der Waals surface area (Å²) in [7, 11) is 0. The van der Waals surface area contributed by atoms with Crippen molar-refractivity contribution >= 4 is 5.82 Å². The second kappa shape index (κ2) is 8.01. The van der Waals surface area contributed by atoms with E-state index in [4.69, 9.17) is 0 Å². The normalized spacial score (nSPS) is 11.8. The maximum atomic E-state index is 4.63. The second-order valence-corrected chi connectivity index (χ2v) is 6.79. The Morgan fingerprint density at radius 3 is 2.18 bits per heavy atom. The zero-order chi connectivity index (χ0) is 19.3. The van der Waals surface area contributed by atoms with E-state index < -0.39 is 0 Å². The van der Waals surface area contributed by atoms with Crippen molar-refractivity contribution in [1.29, 1.82) is 0 Å². The van der Waals surface area contributed by atoms with Gasteiger partial charge in [0.2, 0.25) is 0 Å². The first kappa shape index (κ1) is 17.9. The molecule has 0 fully saturated rings. The van der Waals surface area contributed by atoms with Crippen LogP contribution >= 0.6 is 0 Å². The van der Waals surface area contributed by atoms with Gasteiger partial charge in [-0.05, 0) is 31.0 Å². The van der Waals surface area contributed by atoms with Gasteiger partial charge in [0.15, 0.2) is 0 Å². The summed E-state index contributed by atoms with van der Waals surface area (Å²) in [6.07, 6.45) is 3.72. The van der Waals surface area contributed by atoms with Crippen molar-refractivity contribution < 1.29 is 0 Å². The van der Waals surface area contributed by atoms with Gasteiger partial charge in [-0.3, -0.25) is 4.98 Å². The molecule has 1 N–H and O–H groups in total. The SMILES string of the molecule is Cc1nc(NC(C)c2ccccc2)cc(-c2cncc(-c3ccccc3)c2)n1. The molecule has 0 bridgehead atoms. The fourth-order valence-corrected chi connectivity index (χ4v) is 3.20. The molecular weight excluding hydrogens is 344 g/mol. The van der Waals surface area contributed by atoms with Gasteiger partial charge in [0.25, 0.3) is 0 Å². The third-order valence-electron chi connectivity index (χ3n) is 4.64. The van der Waals surface area contributed by atoms with Gasteiger partial charge in [-0.15, -0.1) is 0 Å².